The molecular formula is C13H15F3N2O3. The van der Waals surface area contributed by atoms with Gasteiger partial charge >= 0.3 is 12.1 Å². The fourth-order valence-electron chi connectivity index (χ4n) is 1.54. The Bertz CT molecular complexity index is 515. The van der Waals surface area contributed by atoms with Gasteiger partial charge in [-0.15, -0.1) is 0 Å². The third-order valence-electron chi connectivity index (χ3n) is 3.03. The van der Waals surface area contributed by atoms with Gasteiger partial charge in [-0.1, -0.05) is 30.3 Å². The van der Waals surface area contributed by atoms with Crippen LogP contribution < -0.4 is 11.1 Å². The van der Waals surface area contributed by atoms with E-state index in [2.05, 4.69) is 0 Å². The van der Waals surface area contributed by atoms with E-state index in [-0.39, 0.29) is 0 Å². The van der Waals surface area contributed by atoms with E-state index in [4.69, 9.17) is 10.8 Å². The number of hydrogen-bond donors (Lipinski definition) is 3. The number of carbonyl (C=O) groups excluding carboxylic acids is 1. The Balaban J connectivity index is 2.80. The molecule has 0 radical (unpaired) electrons. The number of aliphatic carboxylic acids is 1. The molecule has 1 amide bonds. The Hall–Kier alpha value is -2.09. The highest BCUT2D eigenvalue weighted by Gasteiger charge is 2.53. The summed E-state index contributed by atoms with van der Waals surface area (Å²) in [6.45, 7) is 0.0433. The molecule has 0 aliphatic rings. The molecule has 0 aromatic heterocycles. The van der Waals surface area contributed by atoms with Gasteiger partial charge in [0, 0.05) is 6.54 Å². The quantitative estimate of drug-likeness (QED) is 0.763. The smallest absolute Gasteiger partial charge is 0.415 e. The van der Waals surface area contributed by atoms with E-state index in [9.17, 15) is 22.8 Å². The molecule has 1 rings (SSSR count). The van der Waals surface area contributed by atoms with Crippen LogP contribution in [0, 0.1) is 0 Å². The average Bonchev–Trinajstić information content (AvgIpc) is 2.38. The Morgan fingerprint density at radius 3 is 2.24 bits per heavy atom. The van der Waals surface area contributed by atoms with Gasteiger partial charge in [-0.3, -0.25) is 9.59 Å². The van der Waals surface area contributed by atoms with Crippen LogP contribution in [0.4, 0.5) is 13.2 Å². The summed E-state index contributed by atoms with van der Waals surface area (Å²) in [5.41, 5.74) is 2.25. The molecule has 0 saturated carbocycles. The first-order valence-corrected chi connectivity index (χ1v) is 5.99. The van der Waals surface area contributed by atoms with Crippen LogP contribution in [-0.2, 0) is 9.59 Å². The van der Waals surface area contributed by atoms with Crippen LogP contribution in [0.15, 0.2) is 30.3 Å². The predicted molar refractivity (Wildman–Crippen MR) is 68.5 cm³/mol. The summed E-state index contributed by atoms with van der Waals surface area (Å²) in [7, 11) is 0. The van der Waals surface area contributed by atoms with E-state index in [1.807, 2.05) is 5.32 Å². The lowest BCUT2D eigenvalue weighted by Gasteiger charge is -2.26. The van der Waals surface area contributed by atoms with Crippen molar-refractivity contribution < 1.29 is 27.9 Å². The van der Waals surface area contributed by atoms with Crippen LogP contribution in [0.3, 0.4) is 0 Å². The average molecular weight is 304 g/mol. The maximum Gasteiger partial charge on any atom is 0.415 e. The van der Waals surface area contributed by atoms with Gasteiger partial charge in [-0.25, -0.2) is 0 Å². The zero-order valence-corrected chi connectivity index (χ0v) is 11.1. The van der Waals surface area contributed by atoms with Crippen molar-refractivity contribution in [2.45, 2.75) is 24.6 Å². The van der Waals surface area contributed by atoms with Crippen molar-refractivity contribution >= 4 is 11.9 Å². The van der Waals surface area contributed by atoms with Crippen molar-refractivity contribution in [1.29, 1.82) is 0 Å². The number of hydrogen-bond acceptors (Lipinski definition) is 3. The molecule has 0 saturated heterocycles. The molecule has 1 aromatic rings. The van der Waals surface area contributed by atoms with Crippen molar-refractivity contribution in [1.82, 2.24) is 5.32 Å². The van der Waals surface area contributed by atoms with E-state index in [0.717, 1.165) is 0 Å². The zero-order chi connectivity index (χ0) is 16.3. The fraction of sp³-hybridized carbons (Fsp3) is 0.385. The topological polar surface area (TPSA) is 92.4 Å². The second kappa shape index (κ2) is 6.13. The lowest BCUT2D eigenvalue weighted by molar-refractivity contribution is -0.187. The normalized spacial score (nSPS) is 15.9. The van der Waals surface area contributed by atoms with Crippen LogP contribution in [0.1, 0.15) is 18.4 Å². The molecule has 0 fully saturated rings. The molecule has 4 N–H and O–H groups in total. The third kappa shape index (κ3) is 3.94. The third-order valence-corrected chi connectivity index (χ3v) is 3.03. The molecule has 0 heterocycles. The minimum absolute atomic E-state index is 0.371. The number of nitrogens with one attached hydrogen (secondary N) is 1. The van der Waals surface area contributed by atoms with Crippen LogP contribution in [0.2, 0.25) is 0 Å². The number of nitrogens with two attached hydrogens (primary N) is 1. The molecule has 0 aliphatic carbocycles. The van der Waals surface area contributed by atoms with Crippen molar-refractivity contribution in [2.24, 2.45) is 5.73 Å². The van der Waals surface area contributed by atoms with Crippen molar-refractivity contribution in [3.63, 3.8) is 0 Å². The molecule has 5 nitrogen and oxygen atoms in total. The largest absolute Gasteiger partial charge is 0.481 e. The molecule has 0 bridgehead atoms. The number of halogens is 3. The van der Waals surface area contributed by atoms with E-state index in [0.29, 0.717) is 12.5 Å². The Labute approximate surface area is 118 Å². The number of rotatable bonds is 5. The maximum atomic E-state index is 12.6. The van der Waals surface area contributed by atoms with E-state index in [1.165, 1.54) is 12.1 Å². The van der Waals surface area contributed by atoms with E-state index < -0.39 is 36.1 Å². The predicted octanol–water partition coefficient (Wildman–Crippen LogP) is 1.25. The molecule has 2 atom stereocenters. The molecule has 2 unspecified atom stereocenters. The second-order valence-corrected chi connectivity index (χ2v) is 4.71. The molecular weight excluding hydrogens is 289 g/mol. The Morgan fingerprint density at radius 2 is 1.81 bits per heavy atom. The highest BCUT2D eigenvalue weighted by atomic mass is 19.4. The number of amides is 1. The first kappa shape index (κ1) is 17.0. The number of carbonyl (C=O) groups is 2. The zero-order valence-electron chi connectivity index (χ0n) is 11.1. The molecule has 0 aliphatic heterocycles. The summed E-state index contributed by atoms with van der Waals surface area (Å²) in [6, 6.07) is 7.87. The van der Waals surface area contributed by atoms with Gasteiger partial charge in [0.15, 0.2) is 5.54 Å². The molecule has 0 spiro atoms. The minimum Gasteiger partial charge on any atom is -0.481 e. The van der Waals surface area contributed by atoms with Crippen LogP contribution in [0.25, 0.3) is 0 Å². The summed E-state index contributed by atoms with van der Waals surface area (Å²) in [5, 5.41) is 11.0. The van der Waals surface area contributed by atoms with Crippen LogP contribution in [0.5, 0.6) is 0 Å². The van der Waals surface area contributed by atoms with E-state index in [1.54, 1.807) is 18.2 Å². The Morgan fingerprint density at radius 1 is 1.29 bits per heavy atom. The monoisotopic (exact) mass is 304 g/mol. The van der Waals surface area contributed by atoms with Crippen molar-refractivity contribution in [3.05, 3.63) is 35.9 Å². The lowest BCUT2D eigenvalue weighted by atomic mass is 9.97. The van der Waals surface area contributed by atoms with E-state index >= 15 is 0 Å². The fourth-order valence-corrected chi connectivity index (χ4v) is 1.54. The Kier molecular flexibility index (Phi) is 4.95. The van der Waals surface area contributed by atoms with Crippen molar-refractivity contribution in [3.8, 4) is 0 Å². The minimum atomic E-state index is -4.93. The number of benzene rings is 1. The summed E-state index contributed by atoms with van der Waals surface area (Å²) in [4.78, 5) is 22.7. The van der Waals surface area contributed by atoms with Crippen LogP contribution in [-0.4, -0.2) is 35.2 Å². The van der Waals surface area contributed by atoms with Gasteiger partial charge in [-0.05, 0) is 12.5 Å². The first-order valence-electron chi connectivity index (χ1n) is 5.99. The summed E-state index contributed by atoms with van der Waals surface area (Å²) in [5.74, 6) is -3.89. The van der Waals surface area contributed by atoms with Crippen LogP contribution >= 0.6 is 0 Å². The molecule has 116 valence electrons. The number of carboxylic acids is 1. The SMILES string of the molecule is CC(N)(C(=O)NCC(C(=O)O)c1ccccc1)C(F)(F)F. The maximum absolute atomic E-state index is 12.6. The standard InChI is InChI=1S/C13H15F3N2O3/c1-12(17,13(14,15)16)11(21)18-7-9(10(19)20)8-5-3-2-4-6-8/h2-6,9H,7,17H2,1H3,(H,18,21)(H,19,20). The number of alkyl halides is 3. The molecule has 1 aromatic carbocycles. The molecule has 8 heteroatoms. The number of carboxylic acid groups (broad SMARTS) is 1. The summed E-state index contributed by atoms with van der Waals surface area (Å²) >= 11 is 0. The summed E-state index contributed by atoms with van der Waals surface area (Å²) < 4.78 is 37.8. The van der Waals surface area contributed by atoms with Gasteiger partial charge < -0.3 is 16.2 Å². The highest BCUT2D eigenvalue weighted by Crippen LogP contribution is 2.28. The van der Waals surface area contributed by atoms with Gasteiger partial charge in [0.05, 0.1) is 5.92 Å². The van der Waals surface area contributed by atoms with Gasteiger partial charge in [0.2, 0.25) is 5.91 Å². The van der Waals surface area contributed by atoms with Gasteiger partial charge in [0.1, 0.15) is 0 Å². The molecule has 21 heavy (non-hydrogen) atoms. The highest BCUT2D eigenvalue weighted by molar-refractivity contribution is 5.87. The second-order valence-electron chi connectivity index (χ2n) is 4.71. The first-order chi connectivity index (χ1) is 9.57. The van der Waals surface area contributed by atoms with Gasteiger partial charge in [-0.2, -0.15) is 13.2 Å². The van der Waals surface area contributed by atoms with Gasteiger partial charge in [0.25, 0.3) is 0 Å². The summed E-state index contributed by atoms with van der Waals surface area (Å²) in [6.07, 6.45) is -4.93. The lowest BCUT2D eigenvalue weighted by Crippen LogP contribution is -2.61. The van der Waals surface area contributed by atoms with Crippen molar-refractivity contribution in [2.75, 3.05) is 6.54 Å².